The van der Waals surface area contributed by atoms with Gasteiger partial charge in [-0.15, -0.1) is 0 Å². The number of ether oxygens (including phenoxy) is 2. The summed E-state index contributed by atoms with van der Waals surface area (Å²) in [5.41, 5.74) is 0.841. The van der Waals surface area contributed by atoms with Crippen molar-refractivity contribution in [2.24, 2.45) is 0 Å². The molecule has 0 aliphatic carbocycles. The first-order valence-corrected chi connectivity index (χ1v) is 5.79. The molecule has 4 heteroatoms. The highest BCUT2D eigenvalue weighted by molar-refractivity contribution is 5.37. The number of nitrogens with zero attached hydrogens (tertiary/aromatic N) is 1. The zero-order chi connectivity index (χ0) is 12.8. The minimum Gasteiger partial charge on any atom is -0.488 e. The Morgan fingerprint density at radius 3 is 2.61 bits per heavy atom. The van der Waals surface area contributed by atoms with Crippen molar-refractivity contribution in [3.8, 4) is 17.4 Å². The van der Waals surface area contributed by atoms with Gasteiger partial charge in [-0.05, 0) is 36.8 Å². The minimum absolute atomic E-state index is 0.0219. The van der Waals surface area contributed by atoms with E-state index in [2.05, 4.69) is 4.98 Å². The number of hydrogen-bond acceptors (Lipinski definition) is 4. The van der Waals surface area contributed by atoms with Crippen LogP contribution in [0.1, 0.15) is 12.5 Å². The van der Waals surface area contributed by atoms with Crippen LogP contribution in [0, 0.1) is 0 Å². The number of pyridine rings is 1. The Balaban J connectivity index is 2.17. The highest BCUT2D eigenvalue weighted by atomic mass is 16.5. The van der Waals surface area contributed by atoms with Crippen LogP contribution >= 0.6 is 0 Å². The first kappa shape index (κ1) is 12.4. The third-order valence-corrected chi connectivity index (χ3v) is 2.36. The van der Waals surface area contributed by atoms with Gasteiger partial charge in [-0.3, -0.25) is 0 Å². The van der Waals surface area contributed by atoms with Gasteiger partial charge in [0.25, 0.3) is 5.88 Å². The van der Waals surface area contributed by atoms with E-state index in [1.165, 1.54) is 0 Å². The molecule has 1 aromatic heterocycles. The van der Waals surface area contributed by atoms with Crippen molar-refractivity contribution >= 4 is 0 Å². The van der Waals surface area contributed by atoms with Gasteiger partial charge < -0.3 is 14.6 Å². The van der Waals surface area contributed by atoms with E-state index >= 15 is 0 Å². The maximum Gasteiger partial charge on any atom is 0.262 e. The molecule has 0 radical (unpaired) electrons. The molecule has 0 amide bonds. The van der Waals surface area contributed by atoms with Gasteiger partial charge in [-0.2, -0.15) is 0 Å². The van der Waals surface area contributed by atoms with Gasteiger partial charge in [0, 0.05) is 6.20 Å². The van der Waals surface area contributed by atoms with Crippen LogP contribution in [0.3, 0.4) is 0 Å². The summed E-state index contributed by atoms with van der Waals surface area (Å²) < 4.78 is 11.1. The van der Waals surface area contributed by atoms with Crippen molar-refractivity contribution < 1.29 is 14.6 Å². The van der Waals surface area contributed by atoms with Crippen LogP contribution in [-0.2, 0) is 6.61 Å². The lowest BCUT2D eigenvalue weighted by molar-refractivity contribution is 0.281. The van der Waals surface area contributed by atoms with E-state index in [-0.39, 0.29) is 6.61 Å². The van der Waals surface area contributed by atoms with Gasteiger partial charge in [0.05, 0.1) is 13.2 Å². The normalized spacial score (nSPS) is 10.1. The summed E-state index contributed by atoms with van der Waals surface area (Å²) in [6, 6.07) is 10.8. The summed E-state index contributed by atoms with van der Waals surface area (Å²) >= 11 is 0. The topological polar surface area (TPSA) is 51.6 Å². The van der Waals surface area contributed by atoms with Crippen molar-refractivity contribution in [3.63, 3.8) is 0 Å². The number of benzene rings is 1. The average Bonchev–Trinajstić information content (AvgIpc) is 2.42. The Bertz CT molecular complexity index is 497. The fourth-order valence-corrected chi connectivity index (χ4v) is 1.49. The van der Waals surface area contributed by atoms with Gasteiger partial charge in [-0.1, -0.05) is 12.1 Å². The Morgan fingerprint density at radius 1 is 1.17 bits per heavy atom. The van der Waals surface area contributed by atoms with Crippen molar-refractivity contribution in [2.45, 2.75) is 13.5 Å². The van der Waals surface area contributed by atoms with Crippen LogP contribution in [0.5, 0.6) is 17.4 Å². The van der Waals surface area contributed by atoms with Crippen LogP contribution in [0.2, 0.25) is 0 Å². The number of aliphatic hydroxyl groups excluding tert-OH is 1. The zero-order valence-electron chi connectivity index (χ0n) is 10.2. The molecule has 1 aromatic carbocycles. The molecule has 4 nitrogen and oxygen atoms in total. The molecule has 0 bridgehead atoms. The van der Waals surface area contributed by atoms with Gasteiger partial charge in [-0.25, -0.2) is 4.98 Å². The molecule has 0 unspecified atom stereocenters. The largest absolute Gasteiger partial charge is 0.488 e. The zero-order valence-corrected chi connectivity index (χ0v) is 10.2. The summed E-state index contributed by atoms with van der Waals surface area (Å²) in [5, 5.41) is 8.96. The molecule has 0 aliphatic heterocycles. The third kappa shape index (κ3) is 2.99. The number of hydrogen-bond donors (Lipinski definition) is 1. The van der Waals surface area contributed by atoms with Crippen LogP contribution in [0.15, 0.2) is 42.6 Å². The van der Waals surface area contributed by atoms with Crippen LogP contribution in [0.4, 0.5) is 0 Å². The highest BCUT2D eigenvalue weighted by Gasteiger charge is 2.06. The quantitative estimate of drug-likeness (QED) is 0.880. The Morgan fingerprint density at radius 2 is 1.94 bits per heavy atom. The maximum absolute atomic E-state index is 8.96. The van der Waals surface area contributed by atoms with E-state index in [4.69, 9.17) is 14.6 Å². The van der Waals surface area contributed by atoms with E-state index in [9.17, 15) is 0 Å². The predicted molar refractivity (Wildman–Crippen MR) is 67.8 cm³/mol. The molecular formula is C14H15NO3. The van der Waals surface area contributed by atoms with E-state index in [0.29, 0.717) is 24.0 Å². The molecule has 18 heavy (non-hydrogen) atoms. The lowest BCUT2D eigenvalue weighted by Crippen LogP contribution is -1.96. The summed E-state index contributed by atoms with van der Waals surface area (Å²) in [4.78, 5) is 4.14. The first-order chi connectivity index (χ1) is 8.83. The Labute approximate surface area is 106 Å². The molecule has 0 atom stereocenters. The van der Waals surface area contributed by atoms with E-state index in [1.54, 1.807) is 36.5 Å². The lowest BCUT2D eigenvalue weighted by Gasteiger charge is -2.10. The SMILES string of the molecule is CCOc1cccnc1Oc1ccc(CO)cc1. The molecule has 1 N–H and O–H groups in total. The molecule has 0 spiro atoms. The standard InChI is InChI=1S/C14H15NO3/c1-2-17-13-4-3-9-15-14(13)18-12-7-5-11(10-16)6-8-12/h3-9,16H,2,10H2,1H3. The average molecular weight is 245 g/mol. The van der Waals surface area contributed by atoms with Gasteiger partial charge in [0.15, 0.2) is 5.75 Å². The molecule has 2 aromatic rings. The molecule has 0 saturated carbocycles. The van der Waals surface area contributed by atoms with Crippen molar-refractivity contribution in [1.29, 1.82) is 0 Å². The lowest BCUT2D eigenvalue weighted by atomic mass is 10.2. The Kier molecular flexibility index (Phi) is 4.15. The second kappa shape index (κ2) is 6.02. The first-order valence-electron chi connectivity index (χ1n) is 5.79. The van der Waals surface area contributed by atoms with Crippen LogP contribution in [-0.4, -0.2) is 16.7 Å². The molecule has 0 saturated heterocycles. The second-order valence-corrected chi connectivity index (χ2v) is 3.64. The van der Waals surface area contributed by atoms with Crippen molar-refractivity contribution in [1.82, 2.24) is 4.98 Å². The predicted octanol–water partition coefficient (Wildman–Crippen LogP) is 2.76. The monoisotopic (exact) mass is 245 g/mol. The maximum atomic E-state index is 8.96. The van der Waals surface area contributed by atoms with Crippen molar-refractivity contribution in [3.05, 3.63) is 48.2 Å². The van der Waals surface area contributed by atoms with Gasteiger partial charge in [0.2, 0.25) is 0 Å². The molecule has 2 rings (SSSR count). The molecule has 0 fully saturated rings. The number of aliphatic hydroxyl groups is 1. The second-order valence-electron chi connectivity index (χ2n) is 3.64. The van der Waals surface area contributed by atoms with E-state index in [1.807, 2.05) is 13.0 Å². The number of aromatic nitrogens is 1. The van der Waals surface area contributed by atoms with E-state index in [0.717, 1.165) is 5.56 Å². The van der Waals surface area contributed by atoms with Crippen molar-refractivity contribution in [2.75, 3.05) is 6.61 Å². The molecular weight excluding hydrogens is 230 g/mol. The van der Waals surface area contributed by atoms with Crippen LogP contribution in [0.25, 0.3) is 0 Å². The Hall–Kier alpha value is -2.07. The molecule has 94 valence electrons. The minimum atomic E-state index is 0.0219. The van der Waals surface area contributed by atoms with Crippen LogP contribution < -0.4 is 9.47 Å². The van der Waals surface area contributed by atoms with E-state index < -0.39 is 0 Å². The summed E-state index contributed by atoms with van der Waals surface area (Å²) in [6.07, 6.45) is 1.65. The number of rotatable bonds is 5. The summed E-state index contributed by atoms with van der Waals surface area (Å²) in [5.74, 6) is 1.72. The third-order valence-electron chi connectivity index (χ3n) is 2.36. The summed E-state index contributed by atoms with van der Waals surface area (Å²) in [7, 11) is 0. The highest BCUT2D eigenvalue weighted by Crippen LogP contribution is 2.28. The smallest absolute Gasteiger partial charge is 0.262 e. The van der Waals surface area contributed by atoms with Gasteiger partial charge >= 0.3 is 0 Å². The summed E-state index contributed by atoms with van der Waals surface area (Å²) in [6.45, 7) is 2.49. The fraction of sp³-hybridized carbons (Fsp3) is 0.214. The fourth-order valence-electron chi connectivity index (χ4n) is 1.49. The molecule has 1 heterocycles. The molecule has 0 aliphatic rings. The van der Waals surface area contributed by atoms with Gasteiger partial charge in [0.1, 0.15) is 5.75 Å².